The minimum absolute atomic E-state index is 1.26. The van der Waals surface area contributed by atoms with E-state index in [1.807, 2.05) is 105 Å². The Bertz CT molecular complexity index is 1260. The Kier molecular flexibility index (Phi) is 16.6. The fourth-order valence-electron chi connectivity index (χ4n) is 4.02. The topological polar surface area (TPSA) is 0 Å². The van der Waals surface area contributed by atoms with Crippen molar-refractivity contribution < 1.29 is 0 Å². The Labute approximate surface area is 314 Å². The molecule has 13 heteroatoms. The van der Waals surface area contributed by atoms with Crippen LogP contribution in [-0.4, -0.2) is 24.0 Å². The molecule has 4 aliphatic heterocycles. The van der Waals surface area contributed by atoms with Gasteiger partial charge in [-0.15, -0.1) is 58.4 Å². The molecule has 5 rings (SSSR count). The number of hydrogen-bond acceptors (Lipinski definition) is 13. The van der Waals surface area contributed by atoms with Crippen molar-refractivity contribution in [1.29, 1.82) is 0 Å². The molecule has 5 heterocycles. The van der Waals surface area contributed by atoms with Crippen LogP contribution < -0.4 is 0 Å². The van der Waals surface area contributed by atoms with E-state index in [1.165, 1.54) is 107 Å². The van der Waals surface area contributed by atoms with Crippen LogP contribution in [0, 0.1) is 0 Å². The quantitative estimate of drug-likeness (QED) is 0.146. The molecular formula is C30H36S13. The summed E-state index contributed by atoms with van der Waals surface area (Å²) < 4.78 is 14.8. The van der Waals surface area contributed by atoms with Gasteiger partial charge >= 0.3 is 0 Å². The highest BCUT2D eigenvalue weighted by Gasteiger charge is 2.34. The van der Waals surface area contributed by atoms with Gasteiger partial charge in [0.1, 0.15) is 0 Å². The van der Waals surface area contributed by atoms with Gasteiger partial charge in [-0.2, -0.15) is 0 Å². The second kappa shape index (κ2) is 19.5. The average Bonchev–Trinajstić information content (AvgIpc) is 3.82. The lowest BCUT2D eigenvalue weighted by Crippen LogP contribution is -1.83. The first-order valence-corrected chi connectivity index (χ1v) is 26.1. The molecule has 0 nitrogen and oxygen atoms in total. The Morgan fingerprint density at radius 1 is 0.512 bits per heavy atom. The number of hydrogen-bond donors (Lipinski definition) is 0. The van der Waals surface area contributed by atoms with E-state index in [0.29, 0.717) is 0 Å². The Morgan fingerprint density at radius 2 is 0.953 bits per heavy atom. The summed E-state index contributed by atoms with van der Waals surface area (Å²) in [5.41, 5.74) is 0. The van der Waals surface area contributed by atoms with Crippen molar-refractivity contribution in [3.8, 4) is 0 Å². The number of thioether (sulfide) groups is 12. The second-order valence-corrected chi connectivity index (χ2v) is 25.4. The van der Waals surface area contributed by atoms with Gasteiger partial charge < -0.3 is 0 Å². The molecule has 43 heavy (non-hydrogen) atoms. The van der Waals surface area contributed by atoms with E-state index in [-0.39, 0.29) is 0 Å². The lowest BCUT2D eigenvalue weighted by atomic mass is 10.2. The van der Waals surface area contributed by atoms with Crippen molar-refractivity contribution in [2.75, 3.05) is 24.0 Å². The van der Waals surface area contributed by atoms with Gasteiger partial charge in [-0.05, 0) is 61.1 Å². The van der Waals surface area contributed by atoms with Gasteiger partial charge in [0.15, 0.2) is 0 Å². The zero-order valence-corrected chi connectivity index (χ0v) is 35.3. The number of rotatable bonds is 16. The predicted molar refractivity (Wildman–Crippen MR) is 229 cm³/mol. The molecule has 0 atom stereocenters. The minimum Gasteiger partial charge on any atom is -0.136 e. The molecule has 0 spiro atoms. The molecule has 234 valence electrons. The molecule has 0 amide bonds. The summed E-state index contributed by atoms with van der Waals surface area (Å²) in [6.45, 7) is 4.60. The van der Waals surface area contributed by atoms with Crippen molar-refractivity contribution in [3.05, 3.63) is 64.3 Å². The summed E-state index contributed by atoms with van der Waals surface area (Å²) in [5.74, 6) is 2.52. The normalized spacial score (nSPS) is 18.8. The Hall–Kier alpha value is 2.34. The first-order valence-electron chi connectivity index (χ1n) is 14.4. The zero-order valence-electron chi connectivity index (χ0n) is 24.7. The summed E-state index contributed by atoms with van der Waals surface area (Å²) in [6, 6.07) is 4.56. The second-order valence-electron chi connectivity index (χ2n) is 9.51. The Balaban J connectivity index is 1.15. The van der Waals surface area contributed by atoms with Gasteiger partial charge in [-0.1, -0.05) is 146 Å². The third-order valence-electron chi connectivity index (χ3n) is 6.18. The minimum atomic E-state index is 1.26. The highest BCUT2D eigenvalue weighted by molar-refractivity contribution is 8.49. The number of unbranched alkanes of at least 4 members (excludes halogenated alkanes) is 6. The van der Waals surface area contributed by atoms with Crippen molar-refractivity contribution >= 4 is 165 Å². The maximum absolute atomic E-state index is 2.39. The zero-order chi connectivity index (χ0) is 30.0. The molecule has 0 fully saturated rings. The maximum atomic E-state index is 2.39. The standard InChI is InChI=1S/C30H36S13/c1-5-7-9-11-15-33-25-26(34-16-12-10-8-6-2)41-29(40-25)30-42-27-28(43-30)39-22(38-27)18-20-14-13-19(35-20)17-21-36-23(31-3)24(32-4)37-21/h13-14,17-18H,5-12,15-16H2,1-4H3. The molecule has 0 unspecified atom stereocenters. The molecule has 0 aromatic carbocycles. The fraction of sp³-hybridized carbons (Fsp3) is 0.467. The summed E-state index contributed by atoms with van der Waals surface area (Å²) in [7, 11) is 0. The monoisotopic (exact) mass is 812 g/mol. The highest BCUT2D eigenvalue weighted by atomic mass is 32.3. The first kappa shape index (κ1) is 36.6. The largest absolute Gasteiger partial charge is 0.136 e. The summed E-state index contributed by atoms with van der Waals surface area (Å²) in [6.07, 6.45) is 19.9. The van der Waals surface area contributed by atoms with Crippen LogP contribution in [0.4, 0.5) is 0 Å². The fourth-order valence-corrected chi connectivity index (χ4v) is 22.7. The highest BCUT2D eigenvalue weighted by Crippen LogP contribution is 2.71. The number of thiophene rings is 1. The van der Waals surface area contributed by atoms with E-state index in [4.69, 9.17) is 0 Å². The van der Waals surface area contributed by atoms with Gasteiger partial charge in [0.25, 0.3) is 0 Å². The molecule has 0 radical (unpaired) electrons. The third kappa shape index (κ3) is 10.9. The van der Waals surface area contributed by atoms with Gasteiger partial charge in [-0.25, -0.2) is 0 Å². The SMILES string of the molecule is CCCCCCSC1=C(SCCCCCC)SC(=C2SC3=C(SC(=Cc4ccc(C=C5SC(SC)=C(SC)S5)s4)S3)S2)S1. The Morgan fingerprint density at radius 3 is 1.42 bits per heavy atom. The molecule has 0 saturated carbocycles. The van der Waals surface area contributed by atoms with Crippen LogP contribution >= 0.6 is 152 Å². The molecular weight excluding hydrogens is 777 g/mol. The summed E-state index contributed by atoms with van der Waals surface area (Å²) in [4.78, 5) is 2.69. The van der Waals surface area contributed by atoms with Crippen LogP contribution in [0.25, 0.3) is 12.2 Å². The van der Waals surface area contributed by atoms with Crippen LogP contribution in [0.3, 0.4) is 0 Å². The van der Waals surface area contributed by atoms with Crippen LogP contribution in [0.2, 0.25) is 0 Å². The van der Waals surface area contributed by atoms with E-state index in [2.05, 4.69) is 97.7 Å². The molecule has 1 aromatic heterocycles. The van der Waals surface area contributed by atoms with Gasteiger partial charge in [-0.3, -0.25) is 0 Å². The van der Waals surface area contributed by atoms with Crippen LogP contribution in [0.1, 0.15) is 75.0 Å². The lowest BCUT2D eigenvalue weighted by Gasteiger charge is -2.05. The van der Waals surface area contributed by atoms with Crippen LogP contribution in [0.15, 0.2) is 54.5 Å². The van der Waals surface area contributed by atoms with E-state index in [9.17, 15) is 0 Å². The molecule has 4 aliphatic rings. The third-order valence-corrected chi connectivity index (χ3v) is 24.0. The lowest BCUT2D eigenvalue weighted by molar-refractivity contribution is 0.707. The first-order chi connectivity index (χ1) is 21.1. The molecule has 0 aliphatic carbocycles. The maximum Gasteiger partial charge on any atom is 0.0718 e. The van der Waals surface area contributed by atoms with Gasteiger partial charge in [0.05, 0.1) is 42.4 Å². The average molecular weight is 813 g/mol. The molecule has 1 aromatic rings. The van der Waals surface area contributed by atoms with Crippen LogP contribution in [0.5, 0.6) is 0 Å². The van der Waals surface area contributed by atoms with E-state index >= 15 is 0 Å². The van der Waals surface area contributed by atoms with Crippen molar-refractivity contribution in [1.82, 2.24) is 0 Å². The molecule has 0 saturated heterocycles. The van der Waals surface area contributed by atoms with E-state index in [1.54, 1.807) is 8.47 Å². The summed E-state index contributed by atoms with van der Waals surface area (Å²) in [5, 5.41) is 0. The van der Waals surface area contributed by atoms with Crippen molar-refractivity contribution in [2.45, 2.75) is 65.2 Å². The van der Waals surface area contributed by atoms with Gasteiger partial charge in [0.2, 0.25) is 0 Å². The van der Waals surface area contributed by atoms with E-state index < -0.39 is 0 Å². The van der Waals surface area contributed by atoms with Crippen LogP contribution in [-0.2, 0) is 0 Å². The molecule has 0 bridgehead atoms. The van der Waals surface area contributed by atoms with Crippen molar-refractivity contribution in [2.24, 2.45) is 0 Å². The smallest absolute Gasteiger partial charge is 0.0718 e. The van der Waals surface area contributed by atoms with Gasteiger partial charge in [0, 0.05) is 9.75 Å². The molecule has 0 N–H and O–H groups in total. The van der Waals surface area contributed by atoms with E-state index in [0.717, 1.165) is 0 Å². The predicted octanol–water partition coefficient (Wildman–Crippen LogP) is 16.1. The summed E-state index contributed by atoms with van der Waals surface area (Å²) >= 11 is 25.8. The van der Waals surface area contributed by atoms with Crippen molar-refractivity contribution in [3.63, 3.8) is 0 Å².